The Bertz CT molecular complexity index is 1300. The number of nitrogens with one attached hydrogen (secondary N) is 1. The van der Waals surface area contributed by atoms with Crippen LogP contribution in [0.1, 0.15) is 31.4 Å². The third-order valence-electron chi connectivity index (χ3n) is 6.40. The summed E-state index contributed by atoms with van der Waals surface area (Å²) in [6.45, 7) is 4.44. The van der Waals surface area contributed by atoms with Gasteiger partial charge >= 0.3 is 0 Å². The van der Waals surface area contributed by atoms with Crippen molar-refractivity contribution < 1.29 is 5.11 Å². The highest BCUT2D eigenvalue weighted by Gasteiger charge is 2.23. The fraction of sp³-hybridized carbons (Fsp3) is 0.360. The number of benzene rings is 1. The molecule has 0 amide bonds. The summed E-state index contributed by atoms with van der Waals surface area (Å²) in [4.78, 5) is 20.8. The fourth-order valence-electron chi connectivity index (χ4n) is 4.58. The normalized spacial score (nSPS) is 15.6. The average molecular weight is 478 g/mol. The summed E-state index contributed by atoms with van der Waals surface area (Å²) in [7, 11) is 1.98. The van der Waals surface area contributed by atoms with E-state index in [1.807, 2.05) is 54.2 Å². The highest BCUT2D eigenvalue weighted by molar-refractivity contribution is 6.29. The van der Waals surface area contributed by atoms with Crippen LogP contribution in [0.25, 0.3) is 22.4 Å². The predicted molar refractivity (Wildman–Crippen MR) is 135 cm³/mol. The maximum Gasteiger partial charge on any atom is 0.206 e. The van der Waals surface area contributed by atoms with Crippen LogP contribution in [0.3, 0.4) is 0 Å². The minimum absolute atomic E-state index is 0.516. The third-order valence-corrected chi connectivity index (χ3v) is 6.58. The van der Waals surface area contributed by atoms with Crippen LogP contribution in [0.4, 0.5) is 11.8 Å². The SMILES string of the molecule is CC(O)c1ccccc1-c1nc(NCC2CCN(c3nc(Cl)cn3C)CC2)c2cccnc2n1. The molecule has 5 rings (SSSR count). The van der Waals surface area contributed by atoms with Crippen molar-refractivity contribution in [2.45, 2.75) is 25.9 Å². The van der Waals surface area contributed by atoms with Crippen LogP contribution in [-0.4, -0.2) is 49.2 Å². The van der Waals surface area contributed by atoms with E-state index in [2.05, 4.69) is 20.2 Å². The van der Waals surface area contributed by atoms with Gasteiger partial charge in [0.15, 0.2) is 11.5 Å². The van der Waals surface area contributed by atoms with Crippen molar-refractivity contribution in [3.8, 4) is 11.4 Å². The van der Waals surface area contributed by atoms with Gasteiger partial charge < -0.3 is 19.9 Å². The number of hydrogen-bond acceptors (Lipinski definition) is 7. The summed E-state index contributed by atoms with van der Waals surface area (Å²) in [5.74, 6) is 2.77. The maximum atomic E-state index is 10.2. The summed E-state index contributed by atoms with van der Waals surface area (Å²) in [5.41, 5.74) is 2.25. The maximum absolute atomic E-state index is 10.2. The van der Waals surface area contributed by atoms with Gasteiger partial charge in [-0.25, -0.2) is 19.9 Å². The second-order valence-corrected chi connectivity index (χ2v) is 9.21. The first-order valence-electron chi connectivity index (χ1n) is 11.6. The number of imidazole rings is 1. The van der Waals surface area contributed by atoms with Gasteiger partial charge in [-0.2, -0.15) is 0 Å². The Morgan fingerprint density at radius 1 is 1.12 bits per heavy atom. The number of aliphatic hydroxyl groups is 1. The van der Waals surface area contributed by atoms with Gasteiger partial charge in [0.05, 0.1) is 11.5 Å². The molecule has 0 radical (unpaired) electrons. The summed E-state index contributed by atoms with van der Waals surface area (Å²) in [5, 5.41) is 15.2. The third kappa shape index (κ3) is 4.56. The molecule has 0 saturated carbocycles. The Labute approximate surface area is 203 Å². The number of hydrogen-bond donors (Lipinski definition) is 2. The van der Waals surface area contributed by atoms with Crippen molar-refractivity contribution in [2.24, 2.45) is 13.0 Å². The number of anilines is 2. The molecule has 4 aromatic rings. The molecule has 1 atom stereocenters. The minimum atomic E-state index is -0.616. The number of aromatic nitrogens is 5. The molecular weight excluding hydrogens is 450 g/mol. The smallest absolute Gasteiger partial charge is 0.206 e. The number of aryl methyl sites for hydroxylation is 1. The predicted octanol–water partition coefficient (Wildman–Crippen LogP) is 4.46. The lowest BCUT2D eigenvalue weighted by molar-refractivity contribution is 0.200. The lowest BCUT2D eigenvalue weighted by Crippen LogP contribution is -2.37. The molecule has 4 heterocycles. The molecule has 1 aliphatic heterocycles. The van der Waals surface area contributed by atoms with Crippen molar-refractivity contribution in [2.75, 3.05) is 29.9 Å². The average Bonchev–Trinajstić information content (AvgIpc) is 3.20. The first kappa shape index (κ1) is 22.6. The fourth-order valence-corrected chi connectivity index (χ4v) is 4.80. The van der Waals surface area contributed by atoms with Crippen LogP contribution < -0.4 is 10.2 Å². The van der Waals surface area contributed by atoms with Crippen LogP contribution in [0, 0.1) is 5.92 Å². The Morgan fingerprint density at radius 3 is 2.65 bits per heavy atom. The van der Waals surface area contributed by atoms with Gasteiger partial charge in [0, 0.05) is 44.6 Å². The molecule has 176 valence electrons. The minimum Gasteiger partial charge on any atom is -0.389 e. The van der Waals surface area contributed by atoms with Gasteiger partial charge in [-0.05, 0) is 43.4 Å². The lowest BCUT2D eigenvalue weighted by atomic mass is 9.97. The summed E-state index contributed by atoms with van der Waals surface area (Å²) < 4.78 is 1.98. The van der Waals surface area contributed by atoms with Crippen LogP contribution in [0.5, 0.6) is 0 Å². The van der Waals surface area contributed by atoms with E-state index in [1.165, 1.54) is 0 Å². The van der Waals surface area contributed by atoms with Crippen LogP contribution in [-0.2, 0) is 7.05 Å². The van der Waals surface area contributed by atoms with Gasteiger partial charge in [0.2, 0.25) is 5.95 Å². The van der Waals surface area contributed by atoms with E-state index >= 15 is 0 Å². The standard InChI is InChI=1S/C25H28ClN7O/c1-16(34)18-6-3-4-7-19(18)24-30-22-20(8-5-11-27-22)23(31-24)28-14-17-9-12-33(13-10-17)25-29-21(26)15-32(25)2/h3-8,11,15-17,34H,9-10,12-14H2,1-2H3,(H,27,28,30,31). The molecule has 8 nitrogen and oxygen atoms in total. The number of pyridine rings is 1. The van der Waals surface area contributed by atoms with Crippen molar-refractivity contribution in [3.63, 3.8) is 0 Å². The second-order valence-electron chi connectivity index (χ2n) is 8.82. The van der Waals surface area contributed by atoms with Crippen LogP contribution in [0.15, 0.2) is 48.8 Å². The number of fused-ring (bicyclic) bond motifs is 1. The Hall–Kier alpha value is -3.23. The highest BCUT2D eigenvalue weighted by atomic mass is 35.5. The molecule has 0 aliphatic carbocycles. The summed E-state index contributed by atoms with van der Waals surface area (Å²) in [6.07, 6.45) is 5.07. The molecule has 1 fully saturated rings. The molecule has 2 N–H and O–H groups in total. The monoisotopic (exact) mass is 477 g/mol. The Balaban J connectivity index is 1.35. The van der Waals surface area contributed by atoms with Gasteiger partial charge in [-0.3, -0.25) is 0 Å². The number of halogens is 1. The van der Waals surface area contributed by atoms with Gasteiger partial charge in [0.1, 0.15) is 11.0 Å². The number of rotatable bonds is 6. The quantitative estimate of drug-likeness (QED) is 0.423. The molecule has 0 bridgehead atoms. The Kier molecular flexibility index (Phi) is 6.34. The van der Waals surface area contributed by atoms with Gasteiger partial charge in [-0.1, -0.05) is 35.9 Å². The summed E-state index contributed by atoms with van der Waals surface area (Å²) in [6, 6.07) is 11.6. The number of aliphatic hydroxyl groups excluding tert-OH is 1. The van der Waals surface area contributed by atoms with E-state index in [0.717, 1.165) is 60.8 Å². The van der Waals surface area contributed by atoms with Crippen LogP contribution >= 0.6 is 11.6 Å². The van der Waals surface area contributed by atoms with E-state index in [-0.39, 0.29) is 0 Å². The molecule has 1 aromatic carbocycles. The van der Waals surface area contributed by atoms with Crippen molar-refractivity contribution >= 4 is 34.4 Å². The molecular formula is C25H28ClN7O. The molecule has 0 spiro atoms. The first-order chi connectivity index (χ1) is 16.5. The zero-order chi connectivity index (χ0) is 23.7. The molecule has 9 heteroatoms. The van der Waals surface area contributed by atoms with Crippen molar-refractivity contribution in [1.29, 1.82) is 0 Å². The Morgan fingerprint density at radius 2 is 1.91 bits per heavy atom. The molecule has 1 saturated heterocycles. The van der Waals surface area contributed by atoms with Gasteiger partial charge in [-0.15, -0.1) is 0 Å². The number of nitrogens with zero attached hydrogens (tertiary/aromatic N) is 6. The molecule has 1 unspecified atom stereocenters. The second kappa shape index (κ2) is 9.56. The van der Waals surface area contributed by atoms with Crippen molar-refractivity contribution in [3.05, 3.63) is 59.5 Å². The van der Waals surface area contributed by atoms with Crippen molar-refractivity contribution in [1.82, 2.24) is 24.5 Å². The first-order valence-corrected chi connectivity index (χ1v) is 11.9. The largest absolute Gasteiger partial charge is 0.389 e. The van der Waals surface area contributed by atoms with E-state index in [4.69, 9.17) is 21.6 Å². The number of piperidine rings is 1. The topological polar surface area (TPSA) is 92.0 Å². The van der Waals surface area contributed by atoms with Gasteiger partial charge in [0.25, 0.3) is 0 Å². The van der Waals surface area contributed by atoms with Crippen LogP contribution in [0.2, 0.25) is 5.15 Å². The van der Waals surface area contributed by atoms with E-state index in [1.54, 1.807) is 13.1 Å². The lowest BCUT2D eigenvalue weighted by Gasteiger charge is -2.32. The summed E-state index contributed by atoms with van der Waals surface area (Å²) >= 11 is 6.06. The van der Waals surface area contributed by atoms with E-state index < -0.39 is 6.10 Å². The molecule has 3 aromatic heterocycles. The highest BCUT2D eigenvalue weighted by Crippen LogP contribution is 2.30. The van der Waals surface area contributed by atoms with E-state index in [9.17, 15) is 5.11 Å². The van der Waals surface area contributed by atoms with E-state index in [0.29, 0.717) is 22.5 Å². The zero-order valence-corrected chi connectivity index (χ0v) is 20.1. The molecule has 34 heavy (non-hydrogen) atoms. The zero-order valence-electron chi connectivity index (χ0n) is 19.3. The molecule has 1 aliphatic rings.